The van der Waals surface area contributed by atoms with Crippen LogP contribution in [0.25, 0.3) is 10.8 Å². The summed E-state index contributed by atoms with van der Waals surface area (Å²) in [7, 11) is -13.2. The zero-order valence-corrected chi connectivity index (χ0v) is 37.6. The Morgan fingerprint density at radius 2 is 1.00 bits per heavy atom. The number of hydrogen-bond acceptors (Lipinski definition) is 20. The molecule has 0 atom stereocenters. The first-order valence-electron chi connectivity index (χ1n) is 16.6. The molecule has 6 aromatic rings. The minimum Gasteiger partial charge on any atom is -0.866 e. The van der Waals surface area contributed by atoms with Gasteiger partial charge in [-0.05, 0) is 84.3 Å². The second kappa shape index (κ2) is 23.0. The van der Waals surface area contributed by atoms with Crippen LogP contribution in [-0.2, 0) is 30.4 Å². The van der Waals surface area contributed by atoms with E-state index in [0.717, 1.165) is 30.3 Å². The van der Waals surface area contributed by atoms with Crippen molar-refractivity contribution in [1.29, 1.82) is 0 Å². The van der Waals surface area contributed by atoms with Gasteiger partial charge in [0, 0.05) is 58.5 Å². The summed E-state index contributed by atoms with van der Waals surface area (Å²) in [6.45, 7) is 1.67. The van der Waals surface area contributed by atoms with Crippen molar-refractivity contribution in [3.05, 3.63) is 139 Å². The van der Waals surface area contributed by atoms with Crippen molar-refractivity contribution in [2.24, 2.45) is 0 Å². The topological polar surface area (TPSA) is 480 Å². The number of phenols is 3. The van der Waals surface area contributed by atoms with Crippen LogP contribution in [0.3, 0.4) is 0 Å². The molecular weight excluding hydrogens is 942 g/mol. The quantitative estimate of drug-likeness (QED) is 0.0364. The second-order valence-electron chi connectivity index (χ2n) is 12.3. The third-order valence-corrected chi connectivity index (χ3v) is 10.1. The molecule has 0 unspecified atom stereocenters. The SMILES string of the molecule is Cc1cc(S(=O)(=O)O)ccc1N.Nc1cc(S(=O)(=O)O)cc2cc(S(=O)(=O)O)cc(O)c12.Nc1cc([N+](=O)[O-])cc([N+](=O)[O-])c1[O-].Nc1ccc([N+](=O)[O-])cc1.Oc1cccc(O)c1.[Na+]. The van der Waals surface area contributed by atoms with Gasteiger partial charge in [-0.1, -0.05) is 6.07 Å². The van der Waals surface area contributed by atoms with Crippen molar-refractivity contribution < 1.29 is 104 Å². The number of nitro benzene ring substituents is 3. The largest absolute Gasteiger partial charge is 1.00 e. The molecular formula is C35H34N7NaO19S3. The summed E-state index contributed by atoms with van der Waals surface area (Å²) in [5.74, 6) is -1.38. The summed E-state index contributed by atoms with van der Waals surface area (Å²) < 4.78 is 92.0. The van der Waals surface area contributed by atoms with Gasteiger partial charge in [0.25, 0.3) is 47.4 Å². The Hall–Kier alpha value is -7.09. The number of nitrogens with zero attached hydrogens (tertiary/aromatic N) is 3. The number of nitro groups is 3. The Kier molecular flexibility index (Phi) is 19.8. The van der Waals surface area contributed by atoms with Crippen LogP contribution >= 0.6 is 0 Å². The minimum atomic E-state index is -4.59. The fraction of sp³-hybridized carbons (Fsp3) is 0.0286. The maximum absolute atomic E-state index is 11.1. The molecule has 65 heavy (non-hydrogen) atoms. The van der Waals surface area contributed by atoms with Crippen LogP contribution < -0.4 is 57.6 Å². The number of benzene rings is 6. The molecule has 26 nitrogen and oxygen atoms in total. The normalized spacial score (nSPS) is 10.6. The van der Waals surface area contributed by atoms with E-state index in [0.29, 0.717) is 23.0 Å². The summed E-state index contributed by atoms with van der Waals surface area (Å²) in [6, 6.07) is 20.5. The maximum Gasteiger partial charge on any atom is 1.00 e. The summed E-state index contributed by atoms with van der Waals surface area (Å²) in [4.78, 5) is 27.0. The molecule has 0 fully saturated rings. The van der Waals surface area contributed by atoms with E-state index in [9.17, 15) is 65.8 Å². The van der Waals surface area contributed by atoms with E-state index >= 15 is 0 Å². The number of non-ortho nitro benzene ring substituents is 2. The van der Waals surface area contributed by atoms with E-state index in [1.165, 1.54) is 60.7 Å². The van der Waals surface area contributed by atoms with Crippen LogP contribution in [0.2, 0.25) is 0 Å². The van der Waals surface area contributed by atoms with E-state index in [1.54, 1.807) is 13.0 Å². The number of anilines is 4. The van der Waals surface area contributed by atoms with E-state index in [2.05, 4.69) is 0 Å². The molecule has 30 heteroatoms. The van der Waals surface area contributed by atoms with Crippen LogP contribution in [-0.4, -0.2) is 69.0 Å². The molecule has 0 aliphatic rings. The second-order valence-corrected chi connectivity index (χ2v) is 16.5. The van der Waals surface area contributed by atoms with Crippen molar-refractivity contribution in [3.63, 3.8) is 0 Å². The van der Waals surface area contributed by atoms with Gasteiger partial charge in [0.05, 0.1) is 35.5 Å². The van der Waals surface area contributed by atoms with Gasteiger partial charge in [0.1, 0.15) is 17.2 Å². The van der Waals surface area contributed by atoms with E-state index in [-0.39, 0.29) is 68.1 Å². The number of phenolic OH excluding ortho intramolecular Hbond substituents is 3. The van der Waals surface area contributed by atoms with Crippen molar-refractivity contribution in [1.82, 2.24) is 0 Å². The van der Waals surface area contributed by atoms with Crippen LogP contribution in [0.4, 0.5) is 39.8 Å². The average Bonchev–Trinajstić information content (AvgIpc) is 3.16. The van der Waals surface area contributed by atoms with Crippen LogP contribution in [0.5, 0.6) is 23.0 Å². The smallest absolute Gasteiger partial charge is 0.866 e. The third-order valence-electron chi connectivity index (χ3n) is 7.56. The third kappa shape index (κ3) is 17.2. The van der Waals surface area contributed by atoms with Crippen molar-refractivity contribution in [3.8, 4) is 23.0 Å². The maximum atomic E-state index is 11.1. The van der Waals surface area contributed by atoms with Gasteiger partial charge in [-0.2, -0.15) is 25.3 Å². The molecule has 0 saturated carbocycles. The Balaban J connectivity index is 0.000000419. The Morgan fingerprint density at radius 1 is 0.523 bits per heavy atom. The molecule has 342 valence electrons. The first kappa shape index (κ1) is 55.9. The molecule has 0 spiro atoms. The number of nitrogens with two attached hydrogens (primary N) is 4. The summed E-state index contributed by atoms with van der Waals surface area (Å²) in [5.41, 5.74) is 21.0. The van der Waals surface area contributed by atoms with Gasteiger partial charge in [-0.25, -0.2) is 0 Å². The Labute approximate surface area is 389 Å². The molecule has 0 aliphatic heterocycles. The van der Waals surface area contributed by atoms with Gasteiger partial charge in [0.2, 0.25) is 0 Å². The first-order chi connectivity index (χ1) is 29.3. The fourth-order valence-electron chi connectivity index (χ4n) is 4.53. The predicted molar refractivity (Wildman–Crippen MR) is 226 cm³/mol. The molecule has 0 heterocycles. The number of fused-ring (bicyclic) bond motifs is 1. The number of hydrogen-bond donors (Lipinski definition) is 10. The molecule has 0 saturated heterocycles. The monoisotopic (exact) mass is 975 g/mol. The molecule has 0 amide bonds. The Morgan fingerprint density at radius 3 is 1.40 bits per heavy atom. The van der Waals surface area contributed by atoms with Crippen LogP contribution in [0.15, 0.2) is 118 Å². The average molecular weight is 976 g/mol. The van der Waals surface area contributed by atoms with Crippen LogP contribution in [0, 0.1) is 37.3 Å². The number of aryl methyl sites for hydroxylation is 1. The minimum absolute atomic E-state index is 0. The molecule has 6 aromatic carbocycles. The van der Waals surface area contributed by atoms with Crippen molar-refractivity contribution >= 4 is 80.9 Å². The zero-order valence-electron chi connectivity index (χ0n) is 33.2. The standard InChI is InChI=1S/C10H9NO7S2.C7H9NO3S.C6H5N3O5.C6H6N2O2.C6H6O2.Na/c11-8-3-6(19(13,14)15)1-5-2-7(20(16,17)18)4-9(12)10(5)8;1-5-4-6(12(9,10)11)2-3-7(5)8;7-4-1-3(8(11)12)2-5(6(4)10)9(13)14;7-5-1-3-6(4-2-5)8(9)10;7-5-2-1-3-6(8)4-5;/h1-4,12H,11H2,(H,13,14,15)(H,16,17,18);2-4H,8H2,1H3,(H,9,10,11);1-2,10H,7H2;1-4H,7H2;1-4,7-8H;/q;;;;;+1/p-1. The molecule has 0 radical (unpaired) electrons. The van der Waals surface area contributed by atoms with Gasteiger partial charge in [-0.15, -0.1) is 0 Å². The molecule has 0 bridgehead atoms. The number of nitrogen functional groups attached to an aromatic ring is 4. The summed E-state index contributed by atoms with van der Waals surface area (Å²) in [5, 5.41) is 68.6. The molecule has 0 aromatic heterocycles. The van der Waals surface area contributed by atoms with Gasteiger partial charge in [-0.3, -0.25) is 44.0 Å². The number of aromatic hydroxyl groups is 3. The Bertz CT molecular complexity index is 2980. The predicted octanol–water partition coefficient (Wildman–Crippen LogP) is 0.883. The molecule has 14 N–H and O–H groups in total. The zero-order chi connectivity index (χ0) is 49.1. The summed E-state index contributed by atoms with van der Waals surface area (Å²) >= 11 is 0. The van der Waals surface area contributed by atoms with Gasteiger partial charge >= 0.3 is 29.6 Å². The number of rotatable bonds is 6. The van der Waals surface area contributed by atoms with Gasteiger partial charge < -0.3 is 43.4 Å². The van der Waals surface area contributed by atoms with Crippen molar-refractivity contribution in [2.75, 3.05) is 22.9 Å². The van der Waals surface area contributed by atoms with Crippen LogP contribution in [0.1, 0.15) is 5.56 Å². The fourth-order valence-corrected chi connectivity index (χ4v) is 6.18. The van der Waals surface area contributed by atoms with E-state index in [1.807, 2.05) is 0 Å². The summed E-state index contributed by atoms with van der Waals surface area (Å²) in [6.07, 6.45) is 0. The van der Waals surface area contributed by atoms with E-state index in [4.69, 9.17) is 46.8 Å². The van der Waals surface area contributed by atoms with Crippen molar-refractivity contribution in [2.45, 2.75) is 21.6 Å². The van der Waals surface area contributed by atoms with Gasteiger partial charge in [0.15, 0.2) is 0 Å². The molecule has 6 rings (SSSR count). The van der Waals surface area contributed by atoms with E-state index < -0.39 is 83.5 Å². The first-order valence-corrected chi connectivity index (χ1v) is 20.9. The molecule has 0 aliphatic carbocycles.